The standard InChI is InChI=1S/C17H25FN2/c18-15-5-3-14(4-6-15)16(19)13-20-11-9-17(10-12-20)7-1-2-8-17/h3-6,16H,1-2,7-13,19H2. The van der Waals surface area contributed by atoms with Crippen LogP contribution in [0.2, 0.25) is 0 Å². The molecule has 3 rings (SSSR count). The highest BCUT2D eigenvalue weighted by atomic mass is 19.1. The second-order valence-electron chi connectivity index (χ2n) is 6.67. The number of nitrogens with zero attached hydrogens (tertiary/aromatic N) is 1. The molecule has 2 N–H and O–H groups in total. The first-order valence-corrected chi connectivity index (χ1v) is 7.90. The molecule has 1 saturated carbocycles. The predicted molar refractivity (Wildman–Crippen MR) is 79.9 cm³/mol. The van der Waals surface area contributed by atoms with Crippen LogP contribution in [0, 0.1) is 11.2 Å². The second-order valence-corrected chi connectivity index (χ2v) is 6.67. The molecule has 2 aliphatic rings. The lowest BCUT2D eigenvalue weighted by Gasteiger charge is -2.40. The maximum Gasteiger partial charge on any atom is 0.123 e. The number of hydrogen-bond acceptors (Lipinski definition) is 2. The number of halogens is 1. The zero-order chi connectivity index (χ0) is 14.0. The van der Waals surface area contributed by atoms with Crippen molar-refractivity contribution >= 4 is 0 Å². The van der Waals surface area contributed by atoms with Crippen LogP contribution in [0.25, 0.3) is 0 Å². The lowest BCUT2D eigenvalue weighted by Crippen LogP contribution is -2.42. The molecule has 1 aliphatic carbocycles. The van der Waals surface area contributed by atoms with E-state index in [0.717, 1.165) is 12.1 Å². The summed E-state index contributed by atoms with van der Waals surface area (Å²) in [5.41, 5.74) is 7.95. The van der Waals surface area contributed by atoms with E-state index < -0.39 is 0 Å². The van der Waals surface area contributed by atoms with E-state index in [1.807, 2.05) is 12.1 Å². The van der Waals surface area contributed by atoms with Gasteiger partial charge < -0.3 is 10.6 Å². The Kier molecular flexibility index (Phi) is 4.08. The average Bonchev–Trinajstić information content (AvgIpc) is 2.91. The number of hydrogen-bond donors (Lipinski definition) is 1. The number of rotatable bonds is 3. The topological polar surface area (TPSA) is 29.3 Å². The molecule has 1 aromatic rings. The Bertz CT molecular complexity index is 427. The molecule has 20 heavy (non-hydrogen) atoms. The van der Waals surface area contributed by atoms with Gasteiger partial charge in [-0.1, -0.05) is 25.0 Å². The highest BCUT2D eigenvalue weighted by Crippen LogP contribution is 2.46. The monoisotopic (exact) mass is 276 g/mol. The lowest BCUT2D eigenvalue weighted by molar-refractivity contribution is 0.104. The number of likely N-dealkylation sites (tertiary alicyclic amines) is 1. The van der Waals surface area contributed by atoms with Gasteiger partial charge in [0.25, 0.3) is 0 Å². The molecule has 0 radical (unpaired) electrons. The third-order valence-corrected chi connectivity index (χ3v) is 5.33. The molecule has 1 aliphatic heterocycles. The maximum absolute atomic E-state index is 12.9. The molecule has 0 aromatic heterocycles. The van der Waals surface area contributed by atoms with Gasteiger partial charge >= 0.3 is 0 Å². The molecular formula is C17H25FN2. The van der Waals surface area contributed by atoms with Crippen molar-refractivity contribution in [1.82, 2.24) is 4.90 Å². The van der Waals surface area contributed by atoms with Gasteiger partial charge in [0.2, 0.25) is 0 Å². The third kappa shape index (κ3) is 3.04. The third-order valence-electron chi connectivity index (χ3n) is 5.33. The summed E-state index contributed by atoms with van der Waals surface area (Å²) < 4.78 is 12.9. The van der Waals surface area contributed by atoms with E-state index in [0.29, 0.717) is 5.41 Å². The minimum Gasteiger partial charge on any atom is -0.323 e. The molecule has 1 atom stereocenters. The fraction of sp³-hybridized carbons (Fsp3) is 0.647. The van der Waals surface area contributed by atoms with Crippen LogP contribution in [0.15, 0.2) is 24.3 Å². The van der Waals surface area contributed by atoms with Crippen molar-refractivity contribution in [3.63, 3.8) is 0 Å². The first-order chi connectivity index (χ1) is 9.67. The van der Waals surface area contributed by atoms with E-state index in [9.17, 15) is 4.39 Å². The molecule has 2 nitrogen and oxygen atoms in total. The summed E-state index contributed by atoms with van der Waals surface area (Å²) >= 11 is 0. The minimum absolute atomic E-state index is 0.00627. The number of nitrogens with two attached hydrogens (primary N) is 1. The van der Waals surface area contributed by atoms with E-state index in [4.69, 9.17) is 5.73 Å². The van der Waals surface area contributed by atoms with Crippen LogP contribution < -0.4 is 5.73 Å². The molecule has 1 heterocycles. The van der Waals surface area contributed by atoms with Crippen molar-refractivity contribution in [2.24, 2.45) is 11.1 Å². The van der Waals surface area contributed by atoms with Gasteiger partial charge in [-0.2, -0.15) is 0 Å². The molecule has 1 aromatic carbocycles. The van der Waals surface area contributed by atoms with Crippen LogP contribution in [0.4, 0.5) is 4.39 Å². The zero-order valence-electron chi connectivity index (χ0n) is 12.2. The van der Waals surface area contributed by atoms with Crippen LogP contribution >= 0.6 is 0 Å². The average molecular weight is 276 g/mol. The highest BCUT2D eigenvalue weighted by molar-refractivity contribution is 5.19. The van der Waals surface area contributed by atoms with E-state index in [-0.39, 0.29) is 11.9 Å². The van der Waals surface area contributed by atoms with E-state index in [2.05, 4.69) is 4.90 Å². The molecule has 0 bridgehead atoms. The first-order valence-electron chi connectivity index (χ1n) is 7.90. The van der Waals surface area contributed by atoms with Crippen molar-refractivity contribution in [1.29, 1.82) is 0 Å². The Morgan fingerprint density at radius 1 is 1.05 bits per heavy atom. The largest absolute Gasteiger partial charge is 0.323 e. The summed E-state index contributed by atoms with van der Waals surface area (Å²) in [6.07, 6.45) is 8.40. The zero-order valence-corrected chi connectivity index (χ0v) is 12.2. The Morgan fingerprint density at radius 3 is 2.25 bits per heavy atom. The molecular weight excluding hydrogens is 251 g/mol. The van der Waals surface area contributed by atoms with Gasteiger partial charge in [-0.05, 0) is 61.9 Å². The van der Waals surface area contributed by atoms with Crippen LogP contribution in [0.1, 0.15) is 50.1 Å². The minimum atomic E-state index is -0.193. The molecule has 1 unspecified atom stereocenters. The van der Waals surface area contributed by atoms with Crippen LogP contribution in [0.3, 0.4) is 0 Å². The summed E-state index contributed by atoms with van der Waals surface area (Å²) in [5.74, 6) is -0.193. The van der Waals surface area contributed by atoms with Gasteiger partial charge in [0.15, 0.2) is 0 Å². The predicted octanol–water partition coefficient (Wildman–Crippen LogP) is 3.48. The Hall–Kier alpha value is -0.930. The first kappa shape index (κ1) is 14.0. The molecule has 1 spiro atoms. The summed E-state index contributed by atoms with van der Waals surface area (Å²) in [7, 11) is 0. The van der Waals surface area contributed by atoms with Crippen molar-refractivity contribution in [3.05, 3.63) is 35.6 Å². The molecule has 1 saturated heterocycles. The lowest BCUT2D eigenvalue weighted by atomic mass is 9.77. The Balaban J connectivity index is 1.52. The normalized spacial score (nSPS) is 24.1. The SMILES string of the molecule is NC(CN1CCC2(CCCC2)CC1)c1ccc(F)cc1. The van der Waals surface area contributed by atoms with Gasteiger partial charge in [0.1, 0.15) is 5.82 Å². The van der Waals surface area contributed by atoms with Crippen molar-refractivity contribution in [2.45, 2.75) is 44.6 Å². The van der Waals surface area contributed by atoms with Crippen LogP contribution in [-0.2, 0) is 0 Å². The smallest absolute Gasteiger partial charge is 0.123 e. The molecule has 3 heteroatoms. The second kappa shape index (κ2) is 5.82. The van der Waals surface area contributed by atoms with Crippen molar-refractivity contribution in [3.8, 4) is 0 Å². The molecule has 2 fully saturated rings. The summed E-state index contributed by atoms with van der Waals surface area (Å²) in [4.78, 5) is 2.48. The van der Waals surface area contributed by atoms with Gasteiger partial charge in [-0.15, -0.1) is 0 Å². The van der Waals surface area contributed by atoms with Crippen molar-refractivity contribution in [2.75, 3.05) is 19.6 Å². The van der Waals surface area contributed by atoms with Gasteiger partial charge in [0, 0.05) is 12.6 Å². The van der Waals surface area contributed by atoms with E-state index in [1.165, 1.54) is 63.7 Å². The Labute approximate surface area is 121 Å². The van der Waals surface area contributed by atoms with Gasteiger partial charge in [-0.25, -0.2) is 4.39 Å². The van der Waals surface area contributed by atoms with Crippen molar-refractivity contribution < 1.29 is 4.39 Å². The fourth-order valence-corrected chi connectivity index (χ4v) is 3.93. The number of piperidine rings is 1. The van der Waals surface area contributed by atoms with Gasteiger partial charge in [-0.3, -0.25) is 0 Å². The Morgan fingerprint density at radius 2 is 1.65 bits per heavy atom. The fourth-order valence-electron chi connectivity index (χ4n) is 3.93. The maximum atomic E-state index is 12.9. The summed E-state index contributed by atoms with van der Waals surface area (Å²) in [6, 6.07) is 6.61. The van der Waals surface area contributed by atoms with Crippen LogP contribution in [0.5, 0.6) is 0 Å². The van der Waals surface area contributed by atoms with E-state index >= 15 is 0 Å². The van der Waals surface area contributed by atoms with E-state index in [1.54, 1.807) is 0 Å². The highest BCUT2D eigenvalue weighted by Gasteiger charge is 2.36. The number of benzene rings is 1. The summed E-state index contributed by atoms with van der Waals surface area (Å²) in [6.45, 7) is 3.24. The van der Waals surface area contributed by atoms with Crippen LogP contribution in [-0.4, -0.2) is 24.5 Å². The molecule has 110 valence electrons. The summed E-state index contributed by atoms with van der Waals surface area (Å²) in [5, 5.41) is 0. The van der Waals surface area contributed by atoms with Gasteiger partial charge in [0.05, 0.1) is 0 Å². The molecule has 0 amide bonds. The quantitative estimate of drug-likeness (QED) is 0.915.